The van der Waals surface area contributed by atoms with E-state index in [-0.39, 0.29) is 109 Å². The van der Waals surface area contributed by atoms with Crippen molar-refractivity contribution in [2.45, 2.75) is 316 Å². The third-order valence-electron chi connectivity index (χ3n) is 5.40. The van der Waals surface area contributed by atoms with Crippen LogP contribution >= 0.6 is 0 Å². The van der Waals surface area contributed by atoms with Gasteiger partial charge in [0.15, 0.2) is 0 Å². The van der Waals surface area contributed by atoms with Gasteiger partial charge in [-0.15, -0.1) is 0 Å². The molecule has 0 rings (SSSR count). The van der Waals surface area contributed by atoms with Crippen molar-refractivity contribution in [1.29, 1.82) is 0 Å². The van der Waals surface area contributed by atoms with Crippen molar-refractivity contribution in [3.63, 3.8) is 0 Å². The Labute approximate surface area is 460 Å². The van der Waals surface area contributed by atoms with Crippen molar-refractivity contribution >= 4 is 78.0 Å². The molecule has 0 saturated carbocycles. The van der Waals surface area contributed by atoms with Crippen LogP contribution < -0.4 is 18.9 Å². The van der Waals surface area contributed by atoms with Crippen molar-refractivity contribution in [3.05, 3.63) is 0 Å². The summed E-state index contributed by atoms with van der Waals surface area (Å²) in [6.45, 7) is 72.7. The molecule has 0 aliphatic carbocycles. The summed E-state index contributed by atoms with van der Waals surface area (Å²) in [5, 5.41) is 0. The molecule has 0 aromatic heterocycles. The summed E-state index contributed by atoms with van der Waals surface area (Å²) in [5.74, 6) is 0. The minimum absolute atomic E-state index is 0. The second-order valence-electron chi connectivity index (χ2n) is 27.9. The summed E-state index contributed by atoms with van der Waals surface area (Å²) in [4.78, 5) is 0. The van der Waals surface area contributed by atoms with Crippen LogP contribution in [0, 0.1) is 0 Å². The Bertz CT molecular complexity index is 904. The smallest absolute Gasteiger partial charge is 1.00 e. The summed E-state index contributed by atoms with van der Waals surface area (Å²) >= 11 is -8.44. The molecule has 66 heavy (non-hydrogen) atoms. The summed E-state index contributed by atoms with van der Waals surface area (Å²) in [5.41, 5.74) is -2.75. The van der Waals surface area contributed by atoms with Crippen LogP contribution in [-0.2, 0) is 45.5 Å². The molecule has 0 aliphatic heterocycles. The third kappa shape index (κ3) is 73.3. The average molecular weight is 1020 g/mol. The van der Waals surface area contributed by atoms with Crippen LogP contribution in [0.4, 0.5) is 0 Å². The van der Waals surface area contributed by atoms with Gasteiger partial charge in [-0.1, -0.05) is 0 Å². The van der Waals surface area contributed by atoms with Crippen LogP contribution in [0.25, 0.3) is 0 Å². The molecule has 0 radical (unpaired) electrons. The first-order chi connectivity index (χ1) is 27.1. The van der Waals surface area contributed by atoms with Gasteiger partial charge in [-0.25, -0.2) is 0 Å². The molecule has 0 atom stereocenters. The second-order valence-corrected chi connectivity index (χ2v) is 33.1. The van der Waals surface area contributed by atoms with Crippen molar-refractivity contribution in [2.75, 3.05) is 0 Å². The fourth-order valence-corrected chi connectivity index (χ4v) is 11.3. The van der Waals surface area contributed by atoms with E-state index < -0.39 is 60.6 Å². The Morgan fingerprint density at radius 2 is 0.212 bits per heavy atom. The second kappa shape index (κ2) is 31.0. The molecular formula is C48H112Al5LiO12. The van der Waals surface area contributed by atoms with E-state index in [0.29, 0.717) is 0 Å². The zero-order chi connectivity index (χ0) is 52.8. The van der Waals surface area contributed by atoms with Gasteiger partial charge in [-0.2, -0.15) is 0 Å². The Balaban J connectivity index is -0.0000000833. The van der Waals surface area contributed by atoms with Crippen LogP contribution in [0.3, 0.4) is 0 Å². The SMILES string of the molecule is CC(C)(C)[O][Al]([O]C(C)(C)C)[O]C(C)(C)C.CC(C)(C)[O][Al]([O]C(C)(C)C)[O]C(C)(C)C.CC(C)(C)[O][Al]([O]C(C)(C)C)[O]C(C)(C)C.CC(C)(C)[O][Al]([O]C(C)(C)C)[O]C(C)(C)C.[Al+3].[H-].[H-].[H-].[H-].[Li+]. The topological polar surface area (TPSA) is 111 Å². The van der Waals surface area contributed by atoms with Gasteiger partial charge in [0, 0.05) is 67.2 Å². The van der Waals surface area contributed by atoms with E-state index in [1.807, 2.05) is 249 Å². The molecule has 0 aromatic rings. The monoisotopic (exact) mass is 1020 g/mol. The third-order valence-corrected chi connectivity index (χ3v) is 16.2. The standard InChI is InChI=1S/12C4H9O.5Al.Li.4H/c12*1-4(2,3)5;;;;;;;;;;/h12*1-3H3;;;;;;;;;;/q12*-1;5*+3;+1;4*-1. The van der Waals surface area contributed by atoms with Gasteiger partial charge in [0.2, 0.25) is 0 Å². The van der Waals surface area contributed by atoms with Crippen LogP contribution in [0.5, 0.6) is 0 Å². The first-order valence-electron chi connectivity index (χ1n) is 23.3. The van der Waals surface area contributed by atoms with Crippen molar-refractivity contribution < 1.29 is 70.0 Å². The van der Waals surface area contributed by atoms with E-state index in [4.69, 9.17) is 45.5 Å². The molecular weight excluding hydrogens is 910 g/mol. The van der Waals surface area contributed by atoms with Crippen LogP contribution in [0.15, 0.2) is 0 Å². The minimum Gasteiger partial charge on any atom is -1.00 e. The molecule has 0 aromatic carbocycles. The summed E-state index contributed by atoms with van der Waals surface area (Å²) in [6.07, 6.45) is 0. The van der Waals surface area contributed by atoms with Gasteiger partial charge in [0.25, 0.3) is 0 Å². The van der Waals surface area contributed by atoms with Crippen LogP contribution in [0.1, 0.15) is 255 Å². The molecule has 0 fully saturated rings. The van der Waals surface area contributed by atoms with E-state index in [1.165, 1.54) is 0 Å². The first-order valence-corrected chi connectivity index (χ1v) is 28.9. The zero-order valence-corrected chi connectivity index (χ0v) is 56.6. The molecule has 392 valence electrons. The maximum Gasteiger partial charge on any atom is 3.00 e. The quantitative estimate of drug-likeness (QED) is 0.174. The van der Waals surface area contributed by atoms with Crippen LogP contribution in [0.2, 0.25) is 0 Å². The average Bonchev–Trinajstić information content (AvgIpc) is 2.76. The van der Waals surface area contributed by atoms with Gasteiger partial charge in [0.1, 0.15) is 0 Å². The number of hydrogen-bond acceptors (Lipinski definition) is 12. The fourth-order valence-electron chi connectivity index (χ4n) is 3.75. The predicted molar refractivity (Wildman–Crippen MR) is 283 cm³/mol. The van der Waals surface area contributed by atoms with Crippen molar-refractivity contribution in [2.24, 2.45) is 0 Å². The molecule has 18 heteroatoms. The first kappa shape index (κ1) is 80.2. The van der Waals surface area contributed by atoms with E-state index in [9.17, 15) is 0 Å². The predicted octanol–water partition coefficient (Wildman–Crippen LogP) is 10.7. The van der Waals surface area contributed by atoms with E-state index in [2.05, 4.69) is 0 Å². The Hall–Kier alpha value is 2.78. The molecule has 0 N–H and O–H groups in total. The maximum absolute atomic E-state index is 5.88. The van der Waals surface area contributed by atoms with Crippen molar-refractivity contribution in [1.82, 2.24) is 0 Å². The van der Waals surface area contributed by atoms with Crippen LogP contribution in [-0.4, -0.2) is 145 Å². The Morgan fingerprint density at radius 1 is 0.167 bits per heavy atom. The van der Waals surface area contributed by atoms with Gasteiger partial charge in [0.05, 0.1) is 0 Å². The molecule has 0 bridgehead atoms. The number of hydrogen-bond donors (Lipinski definition) is 0. The Kier molecular flexibility index (Phi) is 37.6. The van der Waals surface area contributed by atoms with Gasteiger partial charge >= 0.3 is 96.8 Å². The summed E-state index contributed by atoms with van der Waals surface area (Å²) in [7, 11) is 0. The molecule has 0 saturated heterocycles. The minimum atomic E-state index is -2.11. The largest absolute Gasteiger partial charge is 3.00 e. The van der Waals surface area contributed by atoms with E-state index in [1.54, 1.807) is 0 Å². The molecule has 0 unspecified atom stereocenters. The van der Waals surface area contributed by atoms with E-state index in [0.717, 1.165) is 0 Å². The van der Waals surface area contributed by atoms with Gasteiger partial charge in [-0.05, 0) is 249 Å². The zero-order valence-electron chi connectivity index (χ0n) is 54.8. The van der Waals surface area contributed by atoms with Crippen molar-refractivity contribution in [3.8, 4) is 0 Å². The molecule has 12 nitrogen and oxygen atoms in total. The summed E-state index contributed by atoms with van der Waals surface area (Å²) in [6, 6.07) is 0. The molecule has 0 heterocycles. The van der Waals surface area contributed by atoms with E-state index >= 15 is 0 Å². The molecule has 0 amide bonds. The number of rotatable bonds is 12. The van der Waals surface area contributed by atoms with Gasteiger partial charge < -0.3 is 51.2 Å². The van der Waals surface area contributed by atoms with Gasteiger partial charge in [-0.3, -0.25) is 0 Å². The fraction of sp³-hybridized carbons (Fsp3) is 1.00. The molecule has 0 aliphatic rings. The molecule has 0 spiro atoms. The Morgan fingerprint density at radius 3 is 0.242 bits per heavy atom. The summed E-state index contributed by atoms with van der Waals surface area (Å²) < 4.78 is 70.6. The maximum atomic E-state index is 5.88. The normalized spacial score (nSPS) is 13.6.